The molecule has 1 aromatic heterocycles. The van der Waals surface area contributed by atoms with Crippen LogP contribution in [-0.4, -0.2) is 17.0 Å². The summed E-state index contributed by atoms with van der Waals surface area (Å²) in [7, 11) is 1.81. The maximum Gasteiger partial charge on any atom is 0.135 e. The molecule has 0 aliphatic carbocycles. The lowest BCUT2D eigenvalue weighted by Crippen LogP contribution is -1.98. The maximum atomic E-state index is 5.68. The Kier molecular flexibility index (Phi) is 2.86. The fourth-order valence-electron chi connectivity index (χ4n) is 1.33. The Bertz CT molecular complexity index is 483. The van der Waals surface area contributed by atoms with Gasteiger partial charge in [-0.05, 0) is 18.2 Å². The highest BCUT2D eigenvalue weighted by Crippen LogP contribution is 2.17. The number of nitrogens with zero attached hydrogens (tertiary/aromatic N) is 2. The molecule has 0 radical (unpaired) electrons. The molecule has 5 heteroatoms. The molecule has 0 aliphatic heterocycles. The third-order valence-corrected chi connectivity index (χ3v) is 2.08. The Labute approximate surface area is 93.7 Å². The van der Waals surface area contributed by atoms with Crippen LogP contribution in [0.1, 0.15) is 0 Å². The highest BCUT2D eigenvalue weighted by Gasteiger charge is 1.98. The third-order valence-electron chi connectivity index (χ3n) is 2.08. The zero-order chi connectivity index (χ0) is 11.4. The molecule has 1 aromatic carbocycles. The number of aromatic nitrogens is 2. The van der Waals surface area contributed by atoms with Crippen molar-refractivity contribution in [2.75, 3.05) is 23.4 Å². The van der Waals surface area contributed by atoms with Crippen molar-refractivity contribution in [1.29, 1.82) is 0 Å². The van der Waals surface area contributed by atoms with E-state index in [1.165, 1.54) is 6.33 Å². The lowest BCUT2D eigenvalue weighted by Gasteiger charge is -2.07. The third kappa shape index (κ3) is 2.38. The number of benzene rings is 1. The smallest absolute Gasteiger partial charge is 0.135 e. The summed E-state index contributed by atoms with van der Waals surface area (Å²) in [6, 6.07) is 9.32. The van der Waals surface area contributed by atoms with E-state index in [9.17, 15) is 0 Å². The summed E-state index contributed by atoms with van der Waals surface area (Å²) >= 11 is 0. The lowest BCUT2D eigenvalue weighted by molar-refractivity contribution is 1.16. The van der Waals surface area contributed by atoms with Crippen LogP contribution in [0.25, 0.3) is 0 Å². The van der Waals surface area contributed by atoms with E-state index in [0.29, 0.717) is 5.69 Å². The van der Waals surface area contributed by atoms with E-state index in [1.54, 1.807) is 0 Å². The molecule has 0 saturated heterocycles. The average Bonchev–Trinajstić information content (AvgIpc) is 2.29. The zero-order valence-corrected chi connectivity index (χ0v) is 8.94. The predicted molar refractivity (Wildman–Crippen MR) is 65.7 cm³/mol. The van der Waals surface area contributed by atoms with Crippen molar-refractivity contribution in [1.82, 2.24) is 9.97 Å². The minimum absolute atomic E-state index is 0.716. The number of hydrogen-bond donors (Lipinski definition) is 3. The maximum absolute atomic E-state index is 5.68. The van der Waals surface area contributed by atoms with Gasteiger partial charge in [0.25, 0.3) is 0 Å². The number of nitrogens with one attached hydrogen (secondary N) is 2. The Morgan fingerprint density at radius 3 is 2.69 bits per heavy atom. The average molecular weight is 215 g/mol. The van der Waals surface area contributed by atoms with E-state index in [1.807, 2.05) is 37.4 Å². The van der Waals surface area contributed by atoms with Crippen molar-refractivity contribution in [3.05, 3.63) is 36.7 Å². The van der Waals surface area contributed by atoms with Gasteiger partial charge in [0, 0.05) is 24.5 Å². The van der Waals surface area contributed by atoms with Crippen molar-refractivity contribution >= 4 is 23.0 Å². The monoisotopic (exact) mass is 215 g/mol. The molecule has 0 unspecified atom stereocenters. The Morgan fingerprint density at radius 1 is 1.12 bits per heavy atom. The summed E-state index contributed by atoms with van der Waals surface area (Å²) in [4.78, 5) is 8.14. The quantitative estimate of drug-likeness (QED) is 0.681. The van der Waals surface area contributed by atoms with Gasteiger partial charge in [-0.3, -0.25) is 0 Å². The summed E-state index contributed by atoms with van der Waals surface area (Å²) in [6.45, 7) is 0. The first kappa shape index (κ1) is 10.2. The first-order chi connectivity index (χ1) is 7.78. The van der Waals surface area contributed by atoms with Crippen LogP contribution in [0.2, 0.25) is 0 Å². The van der Waals surface area contributed by atoms with Crippen molar-refractivity contribution in [3.8, 4) is 0 Å². The van der Waals surface area contributed by atoms with Gasteiger partial charge in [0.15, 0.2) is 0 Å². The Hall–Kier alpha value is -2.30. The van der Waals surface area contributed by atoms with E-state index in [4.69, 9.17) is 5.73 Å². The van der Waals surface area contributed by atoms with E-state index in [-0.39, 0.29) is 0 Å². The van der Waals surface area contributed by atoms with E-state index >= 15 is 0 Å². The summed E-state index contributed by atoms with van der Waals surface area (Å²) in [5.74, 6) is 1.49. The number of nitrogens with two attached hydrogens (primary N) is 1. The second-order valence-corrected chi connectivity index (χ2v) is 3.29. The summed E-state index contributed by atoms with van der Waals surface area (Å²) in [5, 5.41) is 6.10. The standard InChI is InChI=1S/C11H13N5/c1-13-10-6-11(15-7-14-10)16-9-4-2-3-8(12)5-9/h2-7H,12H2,1H3,(H2,13,14,15,16). The van der Waals surface area contributed by atoms with E-state index in [2.05, 4.69) is 20.6 Å². The number of anilines is 4. The molecule has 0 saturated carbocycles. The van der Waals surface area contributed by atoms with Crippen LogP contribution in [0, 0.1) is 0 Å². The molecular weight excluding hydrogens is 202 g/mol. The largest absolute Gasteiger partial charge is 0.399 e. The predicted octanol–water partition coefficient (Wildman–Crippen LogP) is 1.84. The highest BCUT2D eigenvalue weighted by atomic mass is 15.1. The molecule has 0 atom stereocenters. The van der Waals surface area contributed by atoms with Gasteiger partial charge in [-0.2, -0.15) is 0 Å². The second-order valence-electron chi connectivity index (χ2n) is 3.29. The van der Waals surface area contributed by atoms with Gasteiger partial charge in [0.1, 0.15) is 18.0 Å². The number of rotatable bonds is 3. The summed E-state index contributed by atoms with van der Waals surface area (Å²) < 4.78 is 0. The molecular formula is C11H13N5. The van der Waals surface area contributed by atoms with Crippen molar-refractivity contribution in [2.24, 2.45) is 0 Å². The summed E-state index contributed by atoms with van der Waals surface area (Å²) in [5.41, 5.74) is 7.30. The summed E-state index contributed by atoms with van der Waals surface area (Å²) in [6.07, 6.45) is 1.50. The van der Waals surface area contributed by atoms with Crippen molar-refractivity contribution in [2.45, 2.75) is 0 Å². The fraction of sp³-hybridized carbons (Fsp3) is 0.0909. The van der Waals surface area contributed by atoms with Gasteiger partial charge in [0.05, 0.1) is 0 Å². The molecule has 0 fully saturated rings. The molecule has 0 spiro atoms. The minimum atomic E-state index is 0.716. The van der Waals surface area contributed by atoms with Gasteiger partial charge >= 0.3 is 0 Å². The molecule has 16 heavy (non-hydrogen) atoms. The molecule has 82 valence electrons. The van der Waals surface area contributed by atoms with Crippen LogP contribution in [-0.2, 0) is 0 Å². The van der Waals surface area contributed by atoms with Crippen molar-refractivity contribution in [3.63, 3.8) is 0 Å². The topological polar surface area (TPSA) is 75.9 Å². The normalized spacial score (nSPS) is 9.81. The van der Waals surface area contributed by atoms with Crippen LogP contribution in [0.5, 0.6) is 0 Å². The second kappa shape index (κ2) is 4.48. The van der Waals surface area contributed by atoms with E-state index < -0.39 is 0 Å². The molecule has 5 nitrogen and oxygen atoms in total. The van der Waals surface area contributed by atoms with Crippen LogP contribution in [0.4, 0.5) is 23.0 Å². The zero-order valence-electron chi connectivity index (χ0n) is 8.94. The number of hydrogen-bond acceptors (Lipinski definition) is 5. The molecule has 0 amide bonds. The molecule has 0 aliphatic rings. The molecule has 1 heterocycles. The molecule has 2 aromatic rings. The fourth-order valence-corrected chi connectivity index (χ4v) is 1.33. The van der Waals surface area contributed by atoms with Gasteiger partial charge in [-0.15, -0.1) is 0 Å². The van der Waals surface area contributed by atoms with E-state index in [0.717, 1.165) is 17.3 Å². The SMILES string of the molecule is CNc1cc(Nc2cccc(N)c2)ncn1. The van der Waals surface area contributed by atoms with Gasteiger partial charge in [-0.25, -0.2) is 9.97 Å². The highest BCUT2D eigenvalue weighted by molar-refractivity contribution is 5.62. The first-order valence-corrected chi connectivity index (χ1v) is 4.90. The Balaban J connectivity index is 2.20. The van der Waals surface area contributed by atoms with Gasteiger partial charge < -0.3 is 16.4 Å². The van der Waals surface area contributed by atoms with Crippen LogP contribution >= 0.6 is 0 Å². The van der Waals surface area contributed by atoms with Crippen LogP contribution in [0.3, 0.4) is 0 Å². The molecule has 4 N–H and O–H groups in total. The van der Waals surface area contributed by atoms with Gasteiger partial charge in [0.2, 0.25) is 0 Å². The minimum Gasteiger partial charge on any atom is -0.399 e. The van der Waals surface area contributed by atoms with Crippen molar-refractivity contribution < 1.29 is 0 Å². The lowest BCUT2D eigenvalue weighted by atomic mass is 10.3. The first-order valence-electron chi connectivity index (χ1n) is 4.90. The van der Waals surface area contributed by atoms with Gasteiger partial charge in [-0.1, -0.05) is 6.07 Å². The number of nitrogen functional groups attached to an aromatic ring is 1. The molecule has 2 rings (SSSR count). The molecule has 0 bridgehead atoms. The van der Waals surface area contributed by atoms with Crippen LogP contribution in [0.15, 0.2) is 36.7 Å². The van der Waals surface area contributed by atoms with Crippen LogP contribution < -0.4 is 16.4 Å². The Morgan fingerprint density at radius 2 is 1.94 bits per heavy atom.